The van der Waals surface area contributed by atoms with Gasteiger partial charge in [-0.1, -0.05) is 13.8 Å². The van der Waals surface area contributed by atoms with E-state index in [0.29, 0.717) is 11.4 Å². The fourth-order valence-corrected chi connectivity index (χ4v) is 1.45. The first kappa shape index (κ1) is 10.5. The lowest BCUT2D eigenvalue weighted by atomic mass is 10.2. The molecule has 0 amide bonds. The first-order valence-corrected chi connectivity index (χ1v) is 5.02. The molecular weight excluding hydrogens is 206 g/mol. The molecule has 0 saturated heterocycles. The highest BCUT2D eigenvalue weighted by atomic mass is 16.1. The predicted molar refractivity (Wildman–Crippen MR) is 57.6 cm³/mol. The minimum atomic E-state index is 0.258. The van der Waals surface area contributed by atoms with Crippen LogP contribution in [0.5, 0.6) is 0 Å². The van der Waals surface area contributed by atoms with Crippen LogP contribution in [0.25, 0.3) is 5.82 Å². The number of carbonyl (C=O) groups is 1. The van der Waals surface area contributed by atoms with Gasteiger partial charge in [-0.3, -0.25) is 9.48 Å². The molecule has 6 heteroatoms. The summed E-state index contributed by atoms with van der Waals surface area (Å²) in [4.78, 5) is 15.0. The monoisotopic (exact) mass is 219 g/mol. The zero-order chi connectivity index (χ0) is 11.7. The van der Waals surface area contributed by atoms with Crippen LogP contribution in [0.15, 0.2) is 12.5 Å². The molecule has 0 fully saturated rings. The molecule has 0 aliphatic carbocycles. The Morgan fingerprint density at radius 2 is 2.19 bits per heavy atom. The first-order valence-electron chi connectivity index (χ1n) is 5.02. The van der Waals surface area contributed by atoms with E-state index < -0.39 is 0 Å². The van der Waals surface area contributed by atoms with Gasteiger partial charge in [0.25, 0.3) is 0 Å². The minimum Gasteiger partial charge on any atom is -0.298 e. The molecule has 2 aromatic heterocycles. The van der Waals surface area contributed by atoms with Crippen molar-refractivity contribution in [2.24, 2.45) is 7.05 Å². The van der Waals surface area contributed by atoms with Gasteiger partial charge in [0, 0.05) is 13.0 Å². The molecule has 0 radical (unpaired) electrons. The maximum absolute atomic E-state index is 10.8. The number of hydrogen-bond donors (Lipinski definition) is 0. The summed E-state index contributed by atoms with van der Waals surface area (Å²) < 4.78 is 3.18. The highest BCUT2D eigenvalue weighted by Crippen LogP contribution is 2.13. The summed E-state index contributed by atoms with van der Waals surface area (Å²) >= 11 is 0. The van der Waals surface area contributed by atoms with Crippen LogP contribution in [-0.2, 0) is 7.05 Å². The van der Waals surface area contributed by atoms with Crippen molar-refractivity contribution < 1.29 is 4.79 Å². The normalized spacial score (nSPS) is 11.0. The van der Waals surface area contributed by atoms with E-state index in [9.17, 15) is 4.79 Å². The van der Waals surface area contributed by atoms with Crippen LogP contribution >= 0.6 is 0 Å². The molecular formula is C10H13N5O. The van der Waals surface area contributed by atoms with E-state index in [1.165, 1.54) is 6.20 Å². The van der Waals surface area contributed by atoms with E-state index in [1.54, 1.807) is 22.7 Å². The topological polar surface area (TPSA) is 65.6 Å². The number of aromatic nitrogens is 5. The summed E-state index contributed by atoms with van der Waals surface area (Å²) in [6.45, 7) is 4.03. The van der Waals surface area contributed by atoms with Crippen LogP contribution in [-0.4, -0.2) is 30.8 Å². The third-order valence-corrected chi connectivity index (χ3v) is 2.30. The van der Waals surface area contributed by atoms with Crippen LogP contribution in [0.1, 0.15) is 35.9 Å². The molecule has 0 aliphatic rings. The molecule has 0 unspecified atom stereocenters. The summed E-state index contributed by atoms with van der Waals surface area (Å²) in [6, 6.07) is 0. The van der Waals surface area contributed by atoms with Crippen molar-refractivity contribution >= 4 is 6.29 Å². The SMILES string of the molecule is CC(C)c1ncn(-c2c(C=O)cnn2C)n1. The number of aldehydes is 1. The Labute approximate surface area is 92.9 Å². The average molecular weight is 219 g/mol. The Bertz CT molecular complexity index is 511. The van der Waals surface area contributed by atoms with Gasteiger partial charge in [-0.05, 0) is 0 Å². The summed E-state index contributed by atoms with van der Waals surface area (Å²) in [5.74, 6) is 1.64. The largest absolute Gasteiger partial charge is 0.298 e. The second kappa shape index (κ2) is 3.88. The van der Waals surface area contributed by atoms with Gasteiger partial charge in [-0.2, -0.15) is 5.10 Å². The smallest absolute Gasteiger partial charge is 0.164 e. The van der Waals surface area contributed by atoms with Crippen molar-refractivity contribution in [3.63, 3.8) is 0 Å². The molecule has 0 atom stereocenters. The van der Waals surface area contributed by atoms with E-state index in [-0.39, 0.29) is 5.92 Å². The number of aryl methyl sites for hydroxylation is 1. The van der Waals surface area contributed by atoms with Gasteiger partial charge in [-0.15, -0.1) is 5.10 Å². The second-order valence-electron chi connectivity index (χ2n) is 3.87. The highest BCUT2D eigenvalue weighted by Gasteiger charge is 2.13. The highest BCUT2D eigenvalue weighted by molar-refractivity contribution is 5.79. The lowest BCUT2D eigenvalue weighted by Crippen LogP contribution is -2.06. The van der Waals surface area contributed by atoms with Crippen LogP contribution in [0.3, 0.4) is 0 Å². The molecule has 2 aromatic rings. The fourth-order valence-electron chi connectivity index (χ4n) is 1.45. The van der Waals surface area contributed by atoms with Crippen molar-refractivity contribution in [1.82, 2.24) is 24.5 Å². The zero-order valence-corrected chi connectivity index (χ0v) is 9.45. The van der Waals surface area contributed by atoms with Gasteiger partial charge in [0.05, 0.1) is 11.8 Å². The van der Waals surface area contributed by atoms with Gasteiger partial charge < -0.3 is 0 Å². The zero-order valence-electron chi connectivity index (χ0n) is 9.45. The van der Waals surface area contributed by atoms with Crippen molar-refractivity contribution in [2.75, 3.05) is 0 Å². The molecule has 0 spiro atoms. The lowest BCUT2D eigenvalue weighted by molar-refractivity contribution is 0.112. The molecule has 2 rings (SSSR count). The lowest BCUT2D eigenvalue weighted by Gasteiger charge is -2.01. The van der Waals surface area contributed by atoms with Crippen LogP contribution in [0.2, 0.25) is 0 Å². The van der Waals surface area contributed by atoms with E-state index in [2.05, 4.69) is 15.2 Å². The molecule has 0 N–H and O–H groups in total. The number of carbonyl (C=O) groups excluding carboxylic acids is 1. The molecule has 6 nitrogen and oxygen atoms in total. The maximum atomic E-state index is 10.8. The van der Waals surface area contributed by atoms with E-state index in [0.717, 1.165) is 12.1 Å². The van der Waals surface area contributed by atoms with Gasteiger partial charge in [-0.25, -0.2) is 9.67 Å². The summed E-state index contributed by atoms with van der Waals surface area (Å²) in [7, 11) is 1.76. The van der Waals surface area contributed by atoms with Crippen LogP contribution in [0, 0.1) is 0 Å². The predicted octanol–water partition coefficient (Wildman–Crippen LogP) is 0.937. The molecule has 0 bridgehead atoms. The molecule has 0 saturated carbocycles. The van der Waals surface area contributed by atoms with E-state index in [4.69, 9.17) is 0 Å². The molecule has 84 valence electrons. The Hall–Kier alpha value is -1.98. The molecule has 0 aromatic carbocycles. The van der Waals surface area contributed by atoms with Gasteiger partial charge in [0.2, 0.25) is 0 Å². The number of nitrogens with zero attached hydrogens (tertiary/aromatic N) is 5. The van der Waals surface area contributed by atoms with Gasteiger partial charge in [0.1, 0.15) is 6.33 Å². The van der Waals surface area contributed by atoms with Crippen molar-refractivity contribution in [3.05, 3.63) is 23.9 Å². The first-order chi connectivity index (χ1) is 7.63. The number of hydrogen-bond acceptors (Lipinski definition) is 4. The Kier molecular flexibility index (Phi) is 2.55. The second-order valence-corrected chi connectivity index (χ2v) is 3.87. The third-order valence-electron chi connectivity index (χ3n) is 2.30. The minimum absolute atomic E-state index is 0.258. The fraction of sp³-hybridized carbons (Fsp3) is 0.400. The molecule has 0 aliphatic heterocycles. The Morgan fingerprint density at radius 1 is 1.44 bits per heavy atom. The van der Waals surface area contributed by atoms with E-state index in [1.807, 2.05) is 13.8 Å². The number of rotatable bonds is 3. The quantitative estimate of drug-likeness (QED) is 0.720. The van der Waals surface area contributed by atoms with Crippen molar-refractivity contribution in [1.29, 1.82) is 0 Å². The van der Waals surface area contributed by atoms with E-state index >= 15 is 0 Å². The Balaban J connectivity index is 2.49. The van der Waals surface area contributed by atoms with Gasteiger partial charge >= 0.3 is 0 Å². The molecule has 2 heterocycles. The van der Waals surface area contributed by atoms with Crippen molar-refractivity contribution in [3.8, 4) is 5.82 Å². The summed E-state index contributed by atoms with van der Waals surface area (Å²) in [5, 5.41) is 8.32. The maximum Gasteiger partial charge on any atom is 0.164 e. The summed E-state index contributed by atoms with van der Waals surface area (Å²) in [5.41, 5.74) is 0.503. The van der Waals surface area contributed by atoms with Crippen LogP contribution in [0.4, 0.5) is 0 Å². The Morgan fingerprint density at radius 3 is 2.75 bits per heavy atom. The average Bonchev–Trinajstić information content (AvgIpc) is 2.83. The standard InChI is InChI=1S/C10H13N5O/c1-7(2)9-11-6-15(13-9)10-8(5-16)4-12-14(10)3/h4-7H,1-3H3. The summed E-state index contributed by atoms with van der Waals surface area (Å²) in [6.07, 6.45) is 3.87. The van der Waals surface area contributed by atoms with Gasteiger partial charge in [0.15, 0.2) is 17.9 Å². The van der Waals surface area contributed by atoms with Crippen LogP contribution < -0.4 is 0 Å². The molecule has 16 heavy (non-hydrogen) atoms. The van der Waals surface area contributed by atoms with Crippen molar-refractivity contribution in [2.45, 2.75) is 19.8 Å². The third kappa shape index (κ3) is 1.62.